The summed E-state index contributed by atoms with van der Waals surface area (Å²) in [5.74, 6) is -0.215. The molecule has 0 aromatic carbocycles. The fourth-order valence-electron chi connectivity index (χ4n) is 0.996. The number of nitrogens with zero attached hydrogens (tertiary/aromatic N) is 1. The Morgan fingerprint density at radius 1 is 1.73 bits per heavy atom. The van der Waals surface area contributed by atoms with Gasteiger partial charge >= 0.3 is 0 Å². The van der Waals surface area contributed by atoms with E-state index in [1.165, 1.54) is 6.92 Å². The minimum Gasteiger partial charge on any atom is -0.386 e. The summed E-state index contributed by atoms with van der Waals surface area (Å²) in [5.41, 5.74) is 0.903. The highest BCUT2D eigenvalue weighted by Gasteiger charge is 2.10. The van der Waals surface area contributed by atoms with Crippen molar-refractivity contribution in [2.45, 2.75) is 13.0 Å². The van der Waals surface area contributed by atoms with Crippen LogP contribution < -0.4 is 5.32 Å². The standard InChI is InChI=1S/C9H10BrClN2O2/c1-5(14)12-7-3-2-6(8(15)4-10)13-9(7)11/h2-3,8,15H,4H2,1H3,(H,12,14). The number of alkyl halides is 1. The van der Waals surface area contributed by atoms with Crippen molar-refractivity contribution in [1.29, 1.82) is 0 Å². The van der Waals surface area contributed by atoms with Crippen LogP contribution in [0, 0.1) is 0 Å². The first kappa shape index (κ1) is 12.4. The molecule has 1 aromatic rings. The number of nitrogens with one attached hydrogen (secondary N) is 1. The number of aliphatic hydroxyl groups is 1. The van der Waals surface area contributed by atoms with Crippen LogP contribution in [0.1, 0.15) is 18.7 Å². The largest absolute Gasteiger partial charge is 0.386 e. The zero-order valence-corrected chi connectivity index (χ0v) is 10.3. The lowest BCUT2D eigenvalue weighted by Gasteiger charge is -2.09. The number of aliphatic hydroxyl groups excluding tert-OH is 1. The molecule has 0 spiro atoms. The second kappa shape index (κ2) is 5.44. The molecule has 1 heterocycles. The van der Waals surface area contributed by atoms with Crippen molar-refractivity contribution < 1.29 is 9.90 Å². The van der Waals surface area contributed by atoms with Crippen molar-refractivity contribution in [3.05, 3.63) is 23.0 Å². The Kier molecular flexibility index (Phi) is 4.50. The molecule has 0 aliphatic heterocycles. The van der Waals surface area contributed by atoms with E-state index in [0.29, 0.717) is 16.7 Å². The van der Waals surface area contributed by atoms with E-state index in [1.807, 2.05) is 0 Å². The van der Waals surface area contributed by atoms with Crippen LogP contribution in [-0.4, -0.2) is 21.3 Å². The van der Waals surface area contributed by atoms with Gasteiger partial charge in [0.05, 0.1) is 11.4 Å². The maximum absolute atomic E-state index is 10.8. The number of hydrogen-bond acceptors (Lipinski definition) is 3. The van der Waals surface area contributed by atoms with E-state index in [1.54, 1.807) is 12.1 Å². The number of carbonyl (C=O) groups excluding carboxylic acids is 1. The predicted octanol–water partition coefficient (Wildman–Crippen LogP) is 2.12. The van der Waals surface area contributed by atoms with Crippen molar-refractivity contribution in [3.8, 4) is 0 Å². The Bertz CT molecular complexity index is 373. The van der Waals surface area contributed by atoms with Crippen LogP contribution in [0.4, 0.5) is 5.69 Å². The van der Waals surface area contributed by atoms with E-state index < -0.39 is 6.10 Å². The summed E-state index contributed by atoms with van der Waals surface area (Å²) < 4.78 is 0. The van der Waals surface area contributed by atoms with E-state index in [9.17, 15) is 9.90 Å². The highest BCUT2D eigenvalue weighted by atomic mass is 79.9. The molecule has 4 nitrogen and oxygen atoms in total. The first-order valence-corrected chi connectivity index (χ1v) is 5.72. The third kappa shape index (κ3) is 3.44. The number of aromatic nitrogens is 1. The quantitative estimate of drug-likeness (QED) is 0.663. The summed E-state index contributed by atoms with van der Waals surface area (Å²) in [6.45, 7) is 1.39. The van der Waals surface area contributed by atoms with Crippen molar-refractivity contribution in [1.82, 2.24) is 4.98 Å². The molecule has 1 amide bonds. The van der Waals surface area contributed by atoms with Gasteiger partial charge in [-0.15, -0.1) is 0 Å². The van der Waals surface area contributed by atoms with Crippen LogP contribution in [0.15, 0.2) is 12.1 Å². The van der Waals surface area contributed by atoms with E-state index in [2.05, 4.69) is 26.2 Å². The molecule has 1 atom stereocenters. The third-order valence-corrected chi connectivity index (χ3v) is 2.57. The average molecular weight is 294 g/mol. The lowest BCUT2D eigenvalue weighted by atomic mass is 10.2. The monoisotopic (exact) mass is 292 g/mol. The van der Waals surface area contributed by atoms with Gasteiger partial charge in [0.2, 0.25) is 5.91 Å². The van der Waals surface area contributed by atoms with Gasteiger partial charge in [0.25, 0.3) is 0 Å². The second-order valence-corrected chi connectivity index (χ2v) is 3.93. The Morgan fingerprint density at radius 3 is 2.87 bits per heavy atom. The van der Waals surface area contributed by atoms with Gasteiger partial charge < -0.3 is 10.4 Å². The fourth-order valence-corrected chi connectivity index (χ4v) is 1.54. The zero-order chi connectivity index (χ0) is 11.4. The van der Waals surface area contributed by atoms with Crippen molar-refractivity contribution in [2.75, 3.05) is 10.6 Å². The molecule has 6 heteroatoms. The lowest BCUT2D eigenvalue weighted by molar-refractivity contribution is -0.114. The Morgan fingerprint density at radius 2 is 2.40 bits per heavy atom. The highest BCUT2D eigenvalue weighted by molar-refractivity contribution is 9.09. The average Bonchev–Trinajstić information content (AvgIpc) is 2.19. The molecule has 0 fully saturated rings. The molecule has 0 radical (unpaired) electrons. The number of rotatable bonds is 3. The summed E-state index contributed by atoms with van der Waals surface area (Å²) in [6, 6.07) is 3.22. The Hall–Kier alpha value is -0.650. The normalized spacial score (nSPS) is 12.3. The van der Waals surface area contributed by atoms with Crippen LogP contribution in [0.25, 0.3) is 0 Å². The molecule has 0 aliphatic carbocycles. The molecule has 1 unspecified atom stereocenters. The number of halogens is 2. The topological polar surface area (TPSA) is 62.2 Å². The van der Waals surface area contributed by atoms with Gasteiger partial charge in [-0.25, -0.2) is 4.98 Å². The van der Waals surface area contributed by atoms with Gasteiger partial charge in [0, 0.05) is 12.3 Å². The zero-order valence-electron chi connectivity index (χ0n) is 8.00. The second-order valence-electron chi connectivity index (χ2n) is 2.93. The molecule has 2 N–H and O–H groups in total. The first-order chi connectivity index (χ1) is 7.04. The van der Waals surface area contributed by atoms with Crippen LogP contribution >= 0.6 is 27.5 Å². The molecule has 0 saturated carbocycles. The van der Waals surface area contributed by atoms with E-state index in [0.717, 1.165) is 0 Å². The molecule has 15 heavy (non-hydrogen) atoms. The number of amides is 1. The molecule has 0 aliphatic rings. The molecular formula is C9H10BrClN2O2. The van der Waals surface area contributed by atoms with Gasteiger partial charge in [-0.3, -0.25) is 4.79 Å². The van der Waals surface area contributed by atoms with E-state index >= 15 is 0 Å². The van der Waals surface area contributed by atoms with Gasteiger partial charge in [0.1, 0.15) is 6.10 Å². The lowest BCUT2D eigenvalue weighted by Crippen LogP contribution is -2.08. The summed E-state index contributed by atoms with van der Waals surface area (Å²) in [7, 11) is 0. The summed E-state index contributed by atoms with van der Waals surface area (Å²) >= 11 is 8.95. The fraction of sp³-hybridized carbons (Fsp3) is 0.333. The predicted molar refractivity (Wildman–Crippen MR) is 62.3 cm³/mol. The van der Waals surface area contributed by atoms with Crippen molar-refractivity contribution in [2.24, 2.45) is 0 Å². The third-order valence-electron chi connectivity index (χ3n) is 1.67. The van der Waals surface area contributed by atoms with E-state index in [-0.39, 0.29) is 11.1 Å². The SMILES string of the molecule is CC(=O)Nc1ccc(C(O)CBr)nc1Cl. The summed E-state index contributed by atoms with van der Waals surface area (Å²) in [5, 5.41) is 12.6. The Labute approximate surface area is 101 Å². The van der Waals surface area contributed by atoms with Crippen LogP contribution in [-0.2, 0) is 4.79 Å². The molecule has 0 bridgehead atoms. The van der Waals surface area contributed by atoms with Gasteiger partial charge in [-0.05, 0) is 12.1 Å². The van der Waals surface area contributed by atoms with Crippen molar-refractivity contribution >= 4 is 39.1 Å². The molecule has 0 saturated heterocycles. The minimum absolute atomic E-state index is 0.169. The van der Waals surface area contributed by atoms with Crippen LogP contribution in [0.5, 0.6) is 0 Å². The van der Waals surface area contributed by atoms with Gasteiger partial charge in [0.15, 0.2) is 5.15 Å². The number of anilines is 1. The summed E-state index contributed by atoms with van der Waals surface area (Å²) in [6.07, 6.45) is -0.700. The molecule has 82 valence electrons. The highest BCUT2D eigenvalue weighted by Crippen LogP contribution is 2.22. The molecular weight excluding hydrogens is 283 g/mol. The Balaban J connectivity index is 2.92. The maximum Gasteiger partial charge on any atom is 0.221 e. The molecule has 1 rings (SSSR count). The summed E-state index contributed by atoms with van der Waals surface area (Å²) in [4.78, 5) is 14.8. The van der Waals surface area contributed by atoms with Crippen LogP contribution in [0.3, 0.4) is 0 Å². The number of pyridine rings is 1. The molecule has 1 aromatic heterocycles. The van der Waals surface area contributed by atoms with Gasteiger partial charge in [-0.1, -0.05) is 27.5 Å². The maximum atomic E-state index is 10.8. The first-order valence-electron chi connectivity index (χ1n) is 4.22. The number of carbonyl (C=O) groups is 1. The smallest absolute Gasteiger partial charge is 0.221 e. The van der Waals surface area contributed by atoms with Crippen LogP contribution in [0.2, 0.25) is 5.15 Å². The minimum atomic E-state index is -0.700. The van der Waals surface area contributed by atoms with Gasteiger partial charge in [-0.2, -0.15) is 0 Å². The number of hydrogen-bond donors (Lipinski definition) is 2. The van der Waals surface area contributed by atoms with Crippen molar-refractivity contribution in [3.63, 3.8) is 0 Å². The van der Waals surface area contributed by atoms with E-state index in [4.69, 9.17) is 11.6 Å².